The number of halogens is 1. The minimum atomic E-state index is -0.0889. The summed E-state index contributed by atoms with van der Waals surface area (Å²) in [6.45, 7) is 8.37. The molecule has 1 aromatic rings. The van der Waals surface area contributed by atoms with E-state index in [0.29, 0.717) is 12.0 Å². The molecule has 1 saturated carbocycles. The fourth-order valence-electron chi connectivity index (χ4n) is 3.96. The van der Waals surface area contributed by atoms with Gasteiger partial charge < -0.3 is 10.2 Å². The maximum Gasteiger partial charge on any atom is 0.128 e. The third kappa shape index (κ3) is 2.80. The Morgan fingerprint density at radius 3 is 2.62 bits per heavy atom. The van der Waals surface area contributed by atoms with Crippen LogP contribution in [0, 0.1) is 18.7 Å². The van der Waals surface area contributed by atoms with Gasteiger partial charge in [-0.15, -0.1) is 0 Å². The van der Waals surface area contributed by atoms with Crippen molar-refractivity contribution in [3.05, 3.63) is 29.6 Å². The Balaban J connectivity index is 1.91. The quantitative estimate of drug-likeness (QED) is 0.889. The highest BCUT2D eigenvalue weighted by atomic mass is 19.1. The number of rotatable bonds is 2. The Kier molecular flexibility index (Phi) is 3.96. The lowest BCUT2D eigenvalue weighted by Gasteiger charge is -2.49. The monoisotopic (exact) mass is 290 g/mol. The van der Waals surface area contributed by atoms with Gasteiger partial charge in [0.25, 0.3) is 0 Å². The highest BCUT2D eigenvalue weighted by Gasteiger charge is 2.41. The predicted molar refractivity (Wildman–Crippen MR) is 86.3 cm³/mol. The molecule has 1 aliphatic heterocycles. The van der Waals surface area contributed by atoms with Crippen LogP contribution in [-0.2, 0) is 0 Å². The molecule has 1 heterocycles. The van der Waals surface area contributed by atoms with Crippen LogP contribution in [0.4, 0.5) is 10.1 Å². The predicted octanol–water partition coefficient (Wildman–Crippen LogP) is 3.88. The molecule has 0 radical (unpaired) electrons. The number of aryl methyl sites for hydroxylation is 1. The Labute approximate surface area is 127 Å². The Hall–Kier alpha value is -1.09. The summed E-state index contributed by atoms with van der Waals surface area (Å²) < 4.78 is 14.0. The summed E-state index contributed by atoms with van der Waals surface area (Å²) in [5.74, 6) is 0.467. The second-order valence-corrected chi connectivity index (χ2v) is 7.24. The van der Waals surface area contributed by atoms with E-state index in [1.165, 1.54) is 25.7 Å². The van der Waals surface area contributed by atoms with Crippen LogP contribution in [0.3, 0.4) is 0 Å². The van der Waals surface area contributed by atoms with Gasteiger partial charge in [-0.05, 0) is 43.4 Å². The molecule has 116 valence electrons. The largest absolute Gasteiger partial charge is 0.365 e. The second kappa shape index (κ2) is 5.60. The van der Waals surface area contributed by atoms with Crippen LogP contribution in [0.15, 0.2) is 18.2 Å². The number of piperazine rings is 1. The van der Waals surface area contributed by atoms with Gasteiger partial charge in [0.15, 0.2) is 0 Å². The molecule has 1 atom stereocenters. The first-order chi connectivity index (χ1) is 10.0. The van der Waals surface area contributed by atoms with Crippen molar-refractivity contribution in [2.45, 2.75) is 58.0 Å². The average molecular weight is 290 g/mol. The lowest BCUT2D eigenvalue weighted by molar-refractivity contribution is 0.245. The highest BCUT2D eigenvalue weighted by Crippen LogP contribution is 2.36. The number of anilines is 1. The van der Waals surface area contributed by atoms with E-state index in [4.69, 9.17) is 0 Å². The summed E-state index contributed by atoms with van der Waals surface area (Å²) in [6, 6.07) is 6.16. The van der Waals surface area contributed by atoms with Crippen LogP contribution in [0.2, 0.25) is 0 Å². The summed E-state index contributed by atoms with van der Waals surface area (Å²) >= 11 is 0. The van der Waals surface area contributed by atoms with Crippen LogP contribution in [-0.4, -0.2) is 24.7 Å². The third-order valence-electron chi connectivity index (χ3n) is 5.38. The van der Waals surface area contributed by atoms with E-state index < -0.39 is 0 Å². The van der Waals surface area contributed by atoms with E-state index >= 15 is 0 Å². The molecule has 0 amide bonds. The zero-order valence-corrected chi connectivity index (χ0v) is 13.5. The van der Waals surface area contributed by atoms with Gasteiger partial charge in [-0.25, -0.2) is 4.39 Å². The molecular formula is C18H27FN2. The van der Waals surface area contributed by atoms with Crippen molar-refractivity contribution in [2.24, 2.45) is 5.92 Å². The van der Waals surface area contributed by atoms with Crippen molar-refractivity contribution < 1.29 is 4.39 Å². The fourth-order valence-corrected chi connectivity index (χ4v) is 3.96. The minimum absolute atomic E-state index is 0.0889. The minimum Gasteiger partial charge on any atom is -0.365 e. The zero-order valence-electron chi connectivity index (χ0n) is 13.5. The molecule has 3 heteroatoms. The van der Waals surface area contributed by atoms with E-state index in [1.807, 2.05) is 13.0 Å². The first-order valence-electron chi connectivity index (χ1n) is 8.29. The van der Waals surface area contributed by atoms with Gasteiger partial charge in [-0.2, -0.15) is 0 Å². The van der Waals surface area contributed by atoms with E-state index in [0.717, 1.165) is 24.3 Å². The van der Waals surface area contributed by atoms with Gasteiger partial charge >= 0.3 is 0 Å². The molecule has 1 unspecified atom stereocenters. The van der Waals surface area contributed by atoms with Crippen molar-refractivity contribution >= 4 is 5.69 Å². The smallest absolute Gasteiger partial charge is 0.128 e. The normalized spacial score (nSPS) is 25.0. The maximum absolute atomic E-state index is 14.0. The van der Waals surface area contributed by atoms with Crippen LogP contribution in [0.5, 0.6) is 0 Å². The molecule has 1 aliphatic carbocycles. The number of nitrogens with zero attached hydrogens (tertiary/aromatic N) is 1. The SMILES string of the molecule is Cc1ccc(N2CC3(CCCC3)NCC2C(C)C)cc1F. The van der Waals surface area contributed by atoms with Crippen molar-refractivity contribution in [3.63, 3.8) is 0 Å². The summed E-state index contributed by atoms with van der Waals surface area (Å²) in [4.78, 5) is 2.45. The van der Waals surface area contributed by atoms with Crippen LogP contribution < -0.4 is 10.2 Å². The van der Waals surface area contributed by atoms with Gasteiger partial charge in [-0.3, -0.25) is 0 Å². The molecule has 3 rings (SSSR count). The van der Waals surface area contributed by atoms with Crippen molar-refractivity contribution in [2.75, 3.05) is 18.0 Å². The first kappa shape index (κ1) is 14.8. The number of hydrogen-bond acceptors (Lipinski definition) is 2. The molecular weight excluding hydrogens is 263 g/mol. The van der Waals surface area contributed by atoms with E-state index in [1.54, 1.807) is 6.07 Å². The van der Waals surface area contributed by atoms with Crippen molar-refractivity contribution in [1.29, 1.82) is 0 Å². The van der Waals surface area contributed by atoms with Gasteiger partial charge in [0.1, 0.15) is 5.82 Å². The second-order valence-electron chi connectivity index (χ2n) is 7.24. The standard InChI is InChI=1S/C18H27FN2/c1-13(2)17-11-20-18(8-4-5-9-18)12-21(17)15-7-6-14(3)16(19)10-15/h6-7,10,13,17,20H,4-5,8-9,11-12H2,1-3H3. The first-order valence-corrected chi connectivity index (χ1v) is 8.29. The Morgan fingerprint density at radius 2 is 2.00 bits per heavy atom. The molecule has 0 bridgehead atoms. The summed E-state index contributed by atoms with van der Waals surface area (Å²) in [6.07, 6.45) is 5.14. The number of hydrogen-bond donors (Lipinski definition) is 1. The molecule has 2 aliphatic rings. The lowest BCUT2D eigenvalue weighted by Crippen LogP contribution is -2.64. The lowest BCUT2D eigenvalue weighted by atomic mass is 9.88. The zero-order chi connectivity index (χ0) is 15.0. The van der Waals surface area contributed by atoms with E-state index in [-0.39, 0.29) is 11.4 Å². The molecule has 2 fully saturated rings. The van der Waals surface area contributed by atoms with Gasteiger partial charge in [0.2, 0.25) is 0 Å². The maximum atomic E-state index is 14.0. The van der Waals surface area contributed by atoms with Crippen LogP contribution in [0.25, 0.3) is 0 Å². The molecule has 0 aromatic heterocycles. The average Bonchev–Trinajstić information content (AvgIpc) is 2.89. The van der Waals surface area contributed by atoms with E-state index in [2.05, 4.69) is 30.1 Å². The number of benzene rings is 1. The van der Waals surface area contributed by atoms with E-state index in [9.17, 15) is 4.39 Å². The molecule has 21 heavy (non-hydrogen) atoms. The van der Waals surface area contributed by atoms with Crippen LogP contribution >= 0.6 is 0 Å². The molecule has 1 aromatic carbocycles. The van der Waals surface area contributed by atoms with Gasteiger partial charge in [-0.1, -0.05) is 32.8 Å². The van der Waals surface area contributed by atoms with Crippen LogP contribution in [0.1, 0.15) is 45.1 Å². The Morgan fingerprint density at radius 1 is 1.29 bits per heavy atom. The molecule has 1 spiro atoms. The third-order valence-corrected chi connectivity index (χ3v) is 5.38. The summed E-state index contributed by atoms with van der Waals surface area (Å²) in [5, 5.41) is 3.82. The molecule has 2 nitrogen and oxygen atoms in total. The summed E-state index contributed by atoms with van der Waals surface area (Å²) in [7, 11) is 0. The highest BCUT2D eigenvalue weighted by molar-refractivity contribution is 5.50. The van der Waals surface area contributed by atoms with Crippen molar-refractivity contribution in [1.82, 2.24) is 5.32 Å². The summed E-state index contributed by atoms with van der Waals surface area (Å²) in [5.41, 5.74) is 2.03. The fraction of sp³-hybridized carbons (Fsp3) is 0.667. The molecule has 1 N–H and O–H groups in total. The Bertz CT molecular complexity index is 506. The van der Waals surface area contributed by atoms with Gasteiger partial charge in [0.05, 0.1) is 0 Å². The van der Waals surface area contributed by atoms with Crippen molar-refractivity contribution in [3.8, 4) is 0 Å². The van der Waals surface area contributed by atoms with Gasteiger partial charge in [0, 0.05) is 30.4 Å². The topological polar surface area (TPSA) is 15.3 Å². The number of nitrogens with one attached hydrogen (secondary N) is 1. The molecule has 1 saturated heterocycles.